The van der Waals surface area contributed by atoms with Crippen LogP contribution in [0.25, 0.3) is 0 Å². The van der Waals surface area contributed by atoms with Gasteiger partial charge in [0, 0.05) is 55.3 Å². The highest BCUT2D eigenvalue weighted by Crippen LogP contribution is 2.41. The summed E-state index contributed by atoms with van der Waals surface area (Å²) in [5.41, 5.74) is 7.18. The summed E-state index contributed by atoms with van der Waals surface area (Å²) < 4.78 is 2.39. The number of hydrogen-bond acceptors (Lipinski definition) is 4. The number of thiocarbonyl (C=S) groups is 1. The van der Waals surface area contributed by atoms with Crippen molar-refractivity contribution in [2.75, 3.05) is 18.4 Å². The van der Waals surface area contributed by atoms with Crippen LogP contribution < -0.4 is 10.6 Å². The summed E-state index contributed by atoms with van der Waals surface area (Å²) in [5, 5.41) is 7.90. The van der Waals surface area contributed by atoms with Crippen LogP contribution >= 0.6 is 12.2 Å². The SMILES string of the molecule is Cc1cc([C@H]2[C@@H](c3ccccn3)NC(=S)N2CCCNc2ccccc2)c(C)n1Cc1ccncc1. The topological polar surface area (TPSA) is 58.0 Å². The summed E-state index contributed by atoms with van der Waals surface area (Å²) in [4.78, 5) is 11.2. The molecule has 0 amide bonds. The highest BCUT2D eigenvalue weighted by atomic mass is 32.1. The molecule has 1 fully saturated rings. The molecule has 0 saturated carbocycles. The van der Waals surface area contributed by atoms with E-state index in [1.807, 2.05) is 36.8 Å². The Morgan fingerprint density at radius 3 is 2.50 bits per heavy atom. The molecule has 6 nitrogen and oxygen atoms in total. The van der Waals surface area contributed by atoms with Gasteiger partial charge in [-0.05, 0) is 86.1 Å². The molecule has 1 saturated heterocycles. The monoisotopic (exact) mass is 496 g/mol. The smallest absolute Gasteiger partial charge is 0.170 e. The molecule has 1 aromatic carbocycles. The Hall–Kier alpha value is -3.71. The van der Waals surface area contributed by atoms with Crippen LogP contribution in [0.15, 0.2) is 85.3 Å². The molecule has 3 aromatic heterocycles. The van der Waals surface area contributed by atoms with Crippen molar-refractivity contribution in [2.45, 2.75) is 38.9 Å². The van der Waals surface area contributed by atoms with Gasteiger partial charge in [0.1, 0.15) is 0 Å². The number of aromatic nitrogens is 3. The molecule has 0 unspecified atom stereocenters. The number of rotatable bonds is 9. The maximum atomic E-state index is 5.88. The van der Waals surface area contributed by atoms with Crippen LogP contribution in [0, 0.1) is 13.8 Å². The Bertz CT molecular complexity index is 1290. The van der Waals surface area contributed by atoms with Crippen molar-refractivity contribution in [3.63, 3.8) is 0 Å². The summed E-state index contributed by atoms with van der Waals surface area (Å²) in [5.74, 6) is 0. The van der Waals surface area contributed by atoms with E-state index in [1.165, 1.54) is 22.5 Å². The minimum absolute atomic E-state index is 0.00402. The zero-order chi connectivity index (χ0) is 24.9. The van der Waals surface area contributed by atoms with Gasteiger partial charge in [-0.15, -0.1) is 0 Å². The number of nitrogens with one attached hydrogen (secondary N) is 2. The van der Waals surface area contributed by atoms with Crippen LogP contribution in [-0.4, -0.2) is 37.6 Å². The van der Waals surface area contributed by atoms with E-state index < -0.39 is 0 Å². The Balaban J connectivity index is 1.41. The van der Waals surface area contributed by atoms with Crippen molar-refractivity contribution in [3.8, 4) is 0 Å². The molecule has 0 spiro atoms. The number of aryl methyl sites for hydroxylation is 1. The first-order chi connectivity index (χ1) is 17.6. The van der Waals surface area contributed by atoms with Crippen molar-refractivity contribution in [2.24, 2.45) is 0 Å². The average Bonchev–Trinajstić information content (AvgIpc) is 3.38. The molecular formula is C29H32N6S. The molecule has 1 aliphatic heterocycles. The van der Waals surface area contributed by atoms with Gasteiger partial charge in [0.25, 0.3) is 0 Å². The Labute approximate surface area is 218 Å². The summed E-state index contributed by atoms with van der Waals surface area (Å²) in [6.07, 6.45) is 6.53. The molecule has 4 aromatic rings. The molecule has 0 aliphatic carbocycles. The van der Waals surface area contributed by atoms with Gasteiger partial charge in [-0.25, -0.2) is 0 Å². The molecule has 7 heteroatoms. The van der Waals surface area contributed by atoms with E-state index in [-0.39, 0.29) is 12.1 Å². The van der Waals surface area contributed by atoms with Crippen molar-refractivity contribution in [1.82, 2.24) is 24.8 Å². The van der Waals surface area contributed by atoms with E-state index in [4.69, 9.17) is 17.2 Å². The fraction of sp³-hybridized carbons (Fsp3) is 0.276. The molecule has 4 heterocycles. The Morgan fingerprint density at radius 2 is 1.75 bits per heavy atom. The second kappa shape index (κ2) is 10.9. The zero-order valence-corrected chi connectivity index (χ0v) is 21.6. The van der Waals surface area contributed by atoms with Crippen molar-refractivity contribution >= 4 is 23.0 Å². The normalized spacial score (nSPS) is 17.3. The highest BCUT2D eigenvalue weighted by molar-refractivity contribution is 7.80. The van der Waals surface area contributed by atoms with E-state index in [0.29, 0.717) is 0 Å². The molecule has 0 bridgehead atoms. The third kappa shape index (κ3) is 5.11. The lowest BCUT2D eigenvalue weighted by atomic mass is 9.96. The van der Waals surface area contributed by atoms with Gasteiger partial charge >= 0.3 is 0 Å². The number of pyridine rings is 2. The summed E-state index contributed by atoms with van der Waals surface area (Å²) in [6.45, 7) is 6.96. The fourth-order valence-electron chi connectivity index (χ4n) is 5.06. The lowest BCUT2D eigenvalue weighted by molar-refractivity contribution is 0.315. The molecule has 184 valence electrons. The van der Waals surface area contributed by atoms with Gasteiger partial charge in [-0.3, -0.25) is 9.97 Å². The summed E-state index contributed by atoms with van der Waals surface area (Å²) >= 11 is 5.88. The highest BCUT2D eigenvalue weighted by Gasteiger charge is 2.41. The third-order valence-electron chi connectivity index (χ3n) is 6.90. The molecule has 2 N–H and O–H groups in total. The van der Waals surface area contributed by atoms with Crippen LogP contribution in [-0.2, 0) is 6.54 Å². The predicted octanol–water partition coefficient (Wildman–Crippen LogP) is 5.42. The molecular weight excluding hydrogens is 464 g/mol. The van der Waals surface area contributed by atoms with E-state index in [1.54, 1.807) is 0 Å². The Kier molecular flexibility index (Phi) is 7.28. The maximum absolute atomic E-state index is 5.88. The van der Waals surface area contributed by atoms with E-state index in [2.05, 4.69) is 87.5 Å². The van der Waals surface area contributed by atoms with Crippen LogP contribution in [0.1, 0.15) is 46.7 Å². The molecule has 2 atom stereocenters. The number of benzene rings is 1. The second-order valence-electron chi connectivity index (χ2n) is 9.23. The number of para-hydroxylation sites is 1. The van der Waals surface area contributed by atoms with Gasteiger partial charge in [0.15, 0.2) is 5.11 Å². The summed E-state index contributed by atoms with van der Waals surface area (Å²) in [6, 6.07) is 23.0. The van der Waals surface area contributed by atoms with E-state index in [0.717, 1.165) is 42.5 Å². The van der Waals surface area contributed by atoms with Crippen LogP contribution in [0.2, 0.25) is 0 Å². The quantitative estimate of drug-likeness (QED) is 0.238. The van der Waals surface area contributed by atoms with Gasteiger partial charge < -0.3 is 20.1 Å². The number of hydrogen-bond donors (Lipinski definition) is 2. The zero-order valence-electron chi connectivity index (χ0n) is 20.8. The van der Waals surface area contributed by atoms with Gasteiger partial charge in [0.2, 0.25) is 0 Å². The van der Waals surface area contributed by atoms with Crippen LogP contribution in [0.5, 0.6) is 0 Å². The first kappa shape index (κ1) is 24.0. The molecule has 1 aliphatic rings. The predicted molar refractivity (Wildman–Crippen MR) is 149 cm³/mol. The van der Waals surface area contributed by atoms with Gasteiger partial charge in [0.05, 0.1) is 17.8 Å². The fourth-order valence-corrected chi connectivity index (χ4v) is 5.40. The minimum Gasteiger partial charge on any atom is -0.385 e. The van der Waals surface area contributed by atoms with E-state index in [9.17, 15) is 0 Å². The number of anilines is 1. The van der Waals surface area contributed by atoms with Crippen LogP contribution in [0.3, 0.4) is 0 Å². The first-order valence-corrected chi connectivity index (χ1v) is 12.8. The van der Waals surface area contributed by atoms with Crippen molar-refractivity contribution in [1.29, 1.82) is 0 Å². The van der Waals surface area contributed by atoms with E-state index >= 15 is 0 Å². The lowest BCUT2D eigenvalue weighted by Gasteiger charge is -2.28. The second-order valence-corrected chi connectivity index (χ2v) is 9.62. The summed E-state index contributed by atoms with van der Waals surface area (Å²) in [7, 11) is 0. The molecule has 5 rings (SSSR count). The average molecular weight is 497 g/mol. The maximum Gasteiger partial charge on any atom is 0.170 e. The lowest BCUT2D eigenvalue weighted by Crippen LogP contribution is -2.31. The van der Waals surface area contributed by atoms with Crippen LogP contribution in [0.4, 0.5) is 5.69 Å². The standard InChI is InChI=1S/C29H32N6S/c1-21-19-25(22(2)35(21)20-23-12-16-30-17-13-23)28-27(26-11-6-7-14-32-26)33-29(36)34(28)18-8-15-31-24-9-4-3-5-10-24/h3-7,9-14,16-17,19,27-28,31H,8,15,18,20H2,1-2H3,(H,33,36)/t27-,28+/m1/s1. The van der Waals surface area contributed by atoms with Crippen molar-refractivity contribution < 1.29 is 0 Å². The Morgan fingerprint density at radius 1 is 0.972 bits per heavy atom. The van der Waals surface area contributed by atoms with Gasteiger partial charge in [-0.2, -0.15) is 0 Å². The van der Waals surface area contributed by atoms with Crippen molar-refractivity contribution in [3.05, 3.63) is 114 Å². The number of nitrogens with zero attached hydrogens (tertiary/aromatic N) is 4. The molecule has 36 heavy (non-hydrogen) atoms. The minimum atomic E-state index is -0.00402. The van der Waals surface area contributed by atoms with Gasteiger partial charge in [-0.1, -0.05) is 24.3 Å². The molecule has 0 radical (unpaired) electrons. The first-order valence-electron chi connectivity index (χ1n) is 12.4. The largest absolute Gasteiger partial charge is 0.385 e. The third-order valence-corrected chi connectivity index (χ3v) is 7.25.